The minimum absolute atomic E-state index is 0.272. The molecule has 0 radical (unpaired) electrons. The minimum atomic E-state index is -0.805. The van der Waals surface area contributed by atoms with Crippen molar-refractivity contribution >= 4 is 18.1 Å². The number of hydrogen-bond donors (Lipinski definition) is 2. The number of carbonyl (C=O) groups excluding carboxylic acids is 1. The highest BCUT2D eigenvalue weighted by atomic mass is 19.1. The number of aliphatic carboxylic acids is 1. The molecule has 21 heavy (non-hydrogen) atoms. The van der Waals surface area contributed by atoms with Crippen LogP contribution in [0, 0.1) is 11.7 Å². The second-order valence-electron chi connectivity index (χ2n) is 4.94. The van der Waals surface area contributed by atoms with Crippen molar-refractivity contribution in [2.24, 2.45) is 5.92 Å². The topological polar surface area (TPSA) is 69.6 Å². The van der Waals surface area contributed by atoms with E-state index in [9.17, 15) is 14.0 Å². The highest BCUT2D eigenvalue weighted by Gasteiger charge is 2.26. The van der Waals surface area contributed by atoms with E-state index in [1.165, 1.54) is 18.3 Å². The minimum Gasteiger partial charge on any atom is -0.481 e. The van der Waals surface area contributed by atoms with Crippen molar-refractivity contribution in [2.45, 2.75) is 12.8 Å². The molecule has 1 aromatic carbocycles. The molecule has 112 valence electrons. The molecule has 5 nitrogen and oxygen atoms in total. The molecule has 0 unspecified atom stereocenters. The summed E-state index contributed by atoms with van der Waals surface area (Å²) in [6.45, 7) is 0.854. The molecule has 6 heteroatoms. The fraction of sp³-hybridized carbons (Fsp3) is 0.333. The van der Waals surface area contributed by atoms with Crippen molar-refractivity contribution in [3.05, 3.63) is 41.8 Å². The van der Waals surface area contributed by atoms with Gasteiger partial charge in [-0.3, -0.25) is 4.79 Å². The zero-order chi connectivity index (χ0) is 15.2. The van der Waals surface area contributed by atoms with Crippen LogP contribution in [0.25, 0.3) is 6.08 Å². The number of amides is 2. The third-order valence-electron chi connectivity index (χ3n) is 3.46. The number of hydrogen-bond acceptors (Lipinski definition) is 2. The lowest BCUT2D eigenvalue weighted by Gasteiger charge is -2.29. The standard InChI is InChI=1S/C15H17FN2O3/c16-13-3-1-2-11(10-13)4-7-17-15(21)18-8-5-12(6-9-18)14(19)20/h1-4,7,10,12H,5-6,8-9H2,(H,17,21)(H,19,20)/b7-4+. The Morgan fingerprint density at radius 3 is 2.67 bits per heavy atom. The Labute approximate surface area is 122 Å². The zero-order valence-electron chi connectivity index (χ0n) is 11.5. The predicted octanol–water partition coefficient (Wildman–Crippen LogP) is 2.30. The Morgan fingerprint density at radius 1 is 1.33 bits per heavy atom. The number of carboxylic acid groups (broad SMARTS) is 1. The first-order chi connectivity index (χ1) is 10.1. The number of urea groups is 1. The van der Waals surface area contributed by atoms with Gasteiger partial charge in [0.25, 0.3) is 0 Å². The van der Waals surface area contributed by atoms with Crippen molar-refractivity contribution in [3.63, 3.8) is 0 Å². The Kier molecular flexibility index (Phi) is 4.92. The van der Waals surface area contributed by atoms with Crippen LogP contribution in [0.4, 0.5) is 9.18 Å². The second-order valence-corrected chi connectivity index (χ2v) is 4.94. The summed E-state index contributed by atoms with van der Waals surface area (Å²) in [7, 11) is 0. The third kappa shape index (κ3) is 4.30. The number of piperidine rings is 1. The molecule has 2 rings (SSSR count). The van der Waals surface area contributed by atoms with Gasteiger partial charge in [-0.2, -0.15) is 0 Å². The Balaban J connectivity index is 1.81. The Bertz CT molecular complexity index is 552. The summed E-state index contributed by atoms with van der Waals surface area (Å²) in [5.74, 6) is -1.50. The van der Waals surface area contributed by atoms with E-state index < -0.39 is 5.97 Å². The maximum atomic E-state index is 13.0. The van der Waals surface area contributed by atoms with Crippen LogP contribution in [0.2, 0.25) is 0 Å². The molecule has 1 saturated heterocycles. The van der Waals surface area contributed by atoms with E-state index in [2.05, 4.69) is 5.32 Å². The normalized spacial score (nSPS) is 16.1. The molecule has 0 aliphatic carbocycles. The van der Waals surface area contributed by atoms with Crippen molar-refractivity contribution in [1.82, 2.24) is 10.2 Å². The summed E-state index contributed by atoms with van der Waals surface area (Å²) in [4.78, 5) is 24.3. The van der Waals surface area contributed by atoms with E-state index in [0.29, 0.717) is 31.5 Å². The molecule has 1 aromatic rings. The van der Waals surface area contributed by atoms with E-state index in [-0.39, 0.29) is 17.8 Å². The van der Waals surface area contributed by atoms with Gasteiger partial charge >= 0.3 is 12.0 Å². The Hall–Kier alpha value is -2.37. The molecule has 0 spiro atoms. The number of rotatable bonds is 3. The summed E-state index contributed by atoms with van der Waals surface area (Å²) in [6.07, 6.45) is 4.00. The average molecular weight is 292 g/mol. The van der Waals surface area contributed by atoms with E-state index in [1.54, 1.807) is 23.1 Å². The van der Waals surface area contributed by atoms with E-state index in [1.807, 2.05) is 0 Å². The monoisotopic (exact) mass is 292 g/mol. The lowest BCUT2D eigenvalue weighted by molar-refractivity contribution is -0.143. The van der Waals surface area contributed by atoms with Crippen LogP contribution >= 0.6 is 0 Å². The lowest BCUT2D eigenvalue weighted by Crippen LogP contribution is -2.44. The first kappa shape index (κ1) is 15.0. The average Bonchev–Trinajstić information content (AvgIpc) is 2.47. The number of halogens is 1. The molecule has 1 fully saturated rings. The lowest BCUT2D eigenvalue weighted by atomic mass is 9.97. The molecule has 2 N–H and O–H groups in total. The predicted molar refractivity (Wildman–Crippen MR) is 75.9 cm³/mol. The van der Waals surface area contributed by atoms with Gasteiger partial charge in [-0.1, -0.05) is 12.1 Å². The van der Waals surface area contributed by atoms with Gasteiger partial charge in [0.1, 0.15) is 5.82 Å². The van der Waals surface area contributed by atoms with Crippen LogP contribution in [-0.4, -0.2) is 35.1 Å². The van der Waals surface area contributed by atoms with E-state index in [0.717, 1.165) is 0 Å². The summed E-state index contributed by atoms with van der Waals surface area (Å²) < 4.78 is 13.0. The maximum absolute atomic E-state index is 13.0. The maximum Gasteiger partial charge on any atom is 0.321 e. The molecular weight excluding hydrogens is 275 g/mol. The van der Waals surface area contributed by atoms with Gasteiger partial charge in [0.05, 0.1) is 5.92 Å². The highest BCUT2D eigenvalue weighted by Crippen LogP contribution is 2.17. The number of nitrogens with zero attached hydrogens (tertiary/aromatic N) is 1. The van der Waals surface area contributed by atoms with Gasteiger partial charge in [-0.25, -0.2) is 9.18 Å². The van der Waals surface area contributed by atoms with Crippen LogP contribution in [-0.2, 0) is 4.79 Å². The van der Waals surface area contributed by atoms with Crippen molar-refractivity contribution in [2.75, 3.05) is 13.1 Å². The molecule has 0 bridgehead atoms. The molecule has 2 amide bonds. The van der Waals surface area contributed by atoms with Gasteiger partial charge in [0, 0.05) is 19.3 Å². The summed E-state index contributed by atoms with van der Waals surface area (Å²) in [5.41, 5.74) is 0.653. The molecule has 1 aliphatic heterocycles. The van der Waals surface area contributed by atoms with Crippen LogP contribution < -0.4 is 5.32 Å². The van der Waals surface area contributed by atoms with Crippen LogP contribution in [0.5, 0.6) is 0 Å². The van der Waals surface area contributed by atoms with Gasteiger partial charge in [0.15, 0.2) is 0 Å². The van der Waals surface area contributed by atoms with Gasteiger partial charge in [-0.05, 0) is 36.6 Å². The van der Waals surface area contributed by atoms with Crippen LogP contribution in [0.3, 0.4) is 0 Å². The smallest absolute Gasteiger partial charge is 0.321 e. The number of nitrogens with one attached hydrogen (secondary N) is 1. The highest BCUT2D eigenvalue weighted by molar-refractivity contribution is 5.77. The van der Waals surface area contributed by atoms with Gasteiger partial charge < -0.3 is 15.3 Å². The first-order valence-electron chi connectivity index (χ1n) is 6.76. The Morgan fingerprint density at radius 2 is 2.05 bits per heavy atom. The second kappa shape index (κ2) is 6.88. The van der Waals surface area contributed by atoms with Gasteiger partial charge in [0.2, 0.25) is 0 Å². The first-order valence-corrected chi connectivity index (χ1v) is 6.76. The van der Waals surface area contributed by atoms with Crippen LogP contribution in [0.15, 0.2) is 30.5 Å². The van der Waals surface area contributed by atoms with Gasteiger partial charge in [-0.15, -0.1) is 0 Å². The fourth-order valence-corrected chi connectivity index (χ4v) is 2.24. The molecule has 0 atom stereocenters. The number of likely N-dealkylation sites (tertiary alicyclic amines) is 1. The summed E-state index contributed by atoms with van der Waals surface area (Å²) in [5, 5.41) is 11.5. The summed E-state index contributed by atoms with van der Waals surface area (Å²) in [6, 6.07) is 5.76. The third-order valence-corrected chi connectivity index (χ3v) is 3.46. The quantitative estimate of drug-likeness (QED) is 0.898. The molecular formula is C15H17FN2O3. The molecule has 0 aromatic heterocycles. The summed E-state index contributed by atoms with van der Waals surface area (Å²) >= 11 is 0. The number of carbonyl (C=O) groups is 2. The number of benzene rings is 1. The fourth-order valence-electron chi connectivity index (χ4n) is 2.24. The molecule has 1 heterocycles. The number of carboxylic acids is 1. The van der Waals surface area contributed by atoms with Crippen molar-refractivity contribution in [1.29, 1.82) is 0 Å². The SMILES string of the molecule is O=C(O)C1CCN(C(=O)N/C=C/c2cccc(F)c2)CC1. The van der Waals surface area contributed by atoms with Crippen molar-refractivity contribution in [3.8, 4) is 0 Å². The van der Waals surface area contributed by atoms with E-state index in [4.69, 9.17) is 5.11 Å². The zero-order valence-corrected chi connectivity index (χ0v) is 11.5. The van der Waals surface area contributed by atoms with E-state index >= 15 is 0 Å². The largest absolute Gasteiger partial charge is 0.481 e. The van der Waals surface area contributed by atoms with Crippen molar-refractivity contribution < 1.29 is 19.1 Å². The molecule has 0 saturated carbocycles. The van der Waals surface area contributed by atoms with Crippen LogP contribution in [0.1, 0.15) is 18.4 Å². The molecule has 1 aliphatic rings.